The van der Waals surface area contributed by atoms with Gasteiger partial charge in [-0.15, -0.1) is 11.3 Å². The van der Waals surface area contributed by atoms with Crippen LogP contribution in [0.2, 0.25) is 0 Å². The molecule has 3 aromatic rings. The van der Waals surface area contributed by atoms with Gasteiger partial charge in [0.05, 0.1) is 11.1 Å². The molecule has 0 aliphatic carbocycles. The van der Waals surface area contributed by atoms with Crippen molar-refractivity contribution in [2.45, 2.75) is 9.37 Å². The van der Waals surface area contributed by atoms with E-state index in [2.05, 4.69) is 15.0 Å². The number of thiazole rings is 1. The molecule has 0 spiro atoms. The average Bonchev–Trinajstić information content (AvgIpc) is 2.91. The molecule has 3 rings (SSSR count). The summed E-state index contributed by atoms with van der Waals surface area (Å²) in [7, 11) is 0. The zero-order valence-corrected chi connectivity index (χ0v) is 11.1. The van der Waals surface area contributed by atoms with Gasteiger partial charge in [0.25, 0.3) is 0 Å². The first-order valence-corrected chi connectivity index (χ1v) is 6.99. The van der Waals surface area contributed by atoms with Gasteiger partial charge in [0.2, 0.25) is 0 Å². The Bertz CT molecular complexity index is 744. The van der Waals surface area contributed by atoms with Gasteiger partial charge in [0.15, 0.2) is 4.34 Å². The van der Waals surface area contributed by atoms with Crippen molar-refractivity contribution >= 4 is 40.0 Å². The van der Waals surface area contributed by atoms with Crippen molar-refractivity contribution < 1.29 is 9.90 Å². The molecule has 0 aliphatic rings. The second kappa shape index (κ2) is 4.94. The molecule has 2 aromatic heterocycles. The van der Waals surface area contributed by atoms with E-state index < -0.39 is 5.97 Å². The third-order valence-electron chi connectivity index (χ3n) is 2.44. The van der Waals surface area contributed by atoms with Gasteiger partial charge in [-0.25, -0.2) is 19.7 Å². The molecule has 0 bridgehead atoms. The summed E-state index contributed by atoms with van der Waals surface area (Å²) < 4.78 is 0.891. The van der Waals surface area contributed by atoms with E-state index in [1.54, 1.807) is 24.4 Å². The summed E-state index contributed by atoms with van der Waals surface area (Å²) in [6.07, 6.45) is 3.17. The number of benzene rings is 1. The summed E-state index contributed by atoms with van der Waals surface area (Å²) in [6, 6.07) is 4.83. The van der Waals surface area contributed by atoms with Gasteiger partial charge in [0.1, 0.15) is 11.4 Å². The summed E-state index contributed by atoms with van der Waals surface area (Å²) in [5, 5.41) is 12.5. The molecule has 94 valence electrons. The van der Waals surface area contributed by atoms with E-state index >= 15 is 0 Å². The Morgan fingerprint density at radius 1 is 1.26 bits per heavy atom. The fourth-order valence-electron chi connectivity index (χ4n) is 1.59. The van der Waals surface area contributed by atoms with Crippen LogP contribution in [0.3, 0.4) is 0 Å². The number of rotatable bonds is 3. The normalized spacial score (nSPS) is 10.7. The van der Waals surface area contributed by atoms with Crippen LogP contribution < -0.4 is 0 Å². The summed E-state index contributed by atoms with van der Waals surface area (Å²) in [4.78, 5) is 23.5. The van der Waals surface area contributed by atoms with E-state index in [9.17, 15) is 4.79 Å². The highest BCUT2D eigenvalue weighted by Crippen LogP contribution is 2.32. The van der Waals surface area contributed by atoms with Crippen molar-refractivity contribution in [2.75, 3.05) is 0 Å². The second-order valence-electron chi connectivity index (χ2n) is 3.62. The van der Waals surface area contributed by atoms with Crippen LogP contribution in [-0.2, 0) is 0 Å². The number of carboxylic acids is 1. The quantitative estimate of drug-likeness (QED) is 0.747. The molecule has 7 heteroatoms. The molecule has 5 nitrogen and oxygen atoms in total. The number of carboxylic acid groups (broad SMARTS) is 1. The maximum absolute atomic E-state index is 10.9. The molecular weight excluding hydrogens is 282 g/mol. The molecule has 0 saturated heterocycles. The van der Waals surface area contributed by atoms with Crippen molar-refractivity contribution in [1.29, 1.82) is 0 Å². The molecule has 0 aliphatic heterocycles. The summed E-state index contributed by atoms with van der Waals surface area (Å²) in [6.45, 7) is 0. The largest absolute Gasteiger partial charge is 0.478 e. The summed E-state index contributed by atoms with van der Waals surface area (Å²) >= 11 is 2.98. The molecule has 0 amide bonds. The first kappa shape index (κ1) is 12.1. The Labute approximate surface area is 116 Å². The molecule has 0 unspecified atom stereocenters. The Morgan fingerprint density at radius 2 is 2.16 bits per heavy atom. The Morgan fingerprint density at radius 3 is 2.89 bits per heavy atom. The third kappa shape index (κ3) is 2.42. The molecule has 0 atom stereocenters. The molecule has 2 heterocycles. The van der Waals surface area contributed by atoms with Crippen molar-refractivity contribution in [3.05, 3.63) is 41.7 Å². The fraction of sp³-hybridized carbons (Fsp3) is 0. The van der Waals surface area contributed by atoms with E-state index in [0.29, 0.717) is 5.52 Å². The van der Waals surface area contributed by atoms with Gasteiger partial charge >= 0.3 is 5.97 Å². The van der Waals surface area contributed by atoms with Crippen molar-refractivity contribution in [1.82, 2.24) is 15.0 Å². The lowest BCUT2D eigenvalue weighted by Gasteiger charge is -2.03. The Kier molecular flexibility index (Phi) is 3.14. The second-order valence-corrected chi connectivity index (χ2v) is 5.75. The van der Waals surface area contributed by atoms with Crippen molar-refractivity contribution in [3.63, 3.8) is 0 Å². The first-order chi connectivity index (χ1) is 9.24. The van der Waals surface area contributed by atoms with Crippen molar-refractivity contribution in [3.8, 4) is 0 Å². The van der Waals surface area contributed by atoms with Crippen LogP contribution in [0, 0.1) is 0 Å². The molecule has 0 saturated carbocycles. The maximum atomic E-state index is 10.9. The molecular formula is C12H7N3O2S2. The molecule has 1 N–H and O–H groups in total. The zero-order valence-electron chi connectivity index (χ0n) is 9.48. The standard InChI is InChI=1S/C12H7N3O2S2/c16-11(17)7-1-2-8-9(5-7)14-6-15-10(8)19-12-13-3-4-18-12/h1-6H,(H,16,17). The average molecular weight is 289 g/mol. The van der Waals surface area contributed by atoms with Crippen LogP contribution in [0.5, 0.6) is 0 Å². The minimum absolute atomic E-state index is 0.219. The van der Waals surface area contributed by atoms with Gasteiger partial charge in [-0.1, -0.05) is 0 Å². The lowest BCUT2D eigenvalue weighted by atomic mass is 10.1. The minimum atomic E-state index is -0.963. The first-order valence-electron chi connectivity index (χ1n) is 5.29. The Hall–Kier alpha value is -1.99. The van der Waals surface area contributed by atoms with Gasteiger partial charge in [-0.3, -0.25) is 0 Å². The lowest BCUT2D eigenvalue weighted by Crippen LogP contribution is -1.96. The maximum Gasteiger partial charge on any atom is 0.335 e. The number of aromatic carboxylic acids is 1. The number of nitrogens with zero attached hydrogens (tertiary/aromatic N) is 3. The highest BCUT2D eigenvalue weighted by Gasteiger charge is 2.10. The van der Waals surface area contributed by atoms with Crippen LogP contribution in [-0.4, -0.2) is 26.0 Å². The zero-order chi connectivity index (χ0) is 13.2. The van der Waals surface area contributed by atoms with E-state index in [0.717, 1.165) is 14.8 Å². The smallest absolute Gasteiger partial charge is 0.335 e. The van der Waals surface area contributed by atoms with Gasteiger partial charge in [-0.2, -0.15) is 0 Å². The van der Waals surface area contributed by atoms with Crippen LogP contribution in [0.25, 0.3) is 10.9 Å². The van der Waals surface area contributed by atoms with Gasteiger partial charge in [-0.05, 0) is 30.0 Å². The lowest BCUT2D eigenvalue weighted by molar-refractivity contribution is 0.0697. The van der Waals surface area contributed by atoms with Crippen molar-refractivity contribution in [2.24, 2.45) is 0 Å². The van der Waals surface area contributed by atoms with Gasteiger partial charge in [0, 0.05) is 17.0 Å². The molecule has 0 fully saturated rings. The van der Waals surface area contributed by atoms with Crippen LogP contribution in [0.15, 0.2) is 45.5 Å². The molecule has 1 aromatic carbocycles. The van der Waals surface area contributed by atoms with Crippen LogP contribution in [0.4, 0.5) is 0 Å². The minimum Gasteiger partial charge on any atom is -0.478 e. The monoisotopic (exact) mass is 289 g/mol. The SMILES string of the molecule is O=C(O)c1ccc2c(Sc3nccs3)ncnc2c1. The highest BCUT2D eigenvalue weighted by atomic mass is 32.2. The van der Waals surface area contributed by atoms with Crippen LogP contribution >= 0.6 is 23.1 Å². The van der Waals surface area contributed by atoms with E-state index in [-0.39, 0.29) is 5.56 Å². The Balaban J connectivity index is 2.08. The van der Waals surface area contributed by atoms with E-state index in [4.69, 9.17) is 5.11 Å². The number of hydrogen-bond acceptors (Lipinski definition) is 6. The van der Waals surface area contributed by atoms with Crippen LogP contribution in [0.1, 0.15) is 10.4 Å². The summed E-state index contributed by atoms with van der Waals surface area (Å²) in [5.41, 5.74) is 0.838. The van der Waals surface area contributed by atoms with Gasteiger partial charge < -0.3 is 5.11 Å². The number of carbonyl (C=O) groups is 1. The fourth-order valence-corrected chi connectivity index (χ4v) is 3.21. The highest BCUT2D eigenvalue weighted by molar-refractivity contribution is 8.01. The third-order valence-corrected chi connectivity index (χ3v) is 4.34. The number of hydrogen-bond donors (Lipinski definition) is 1. The molecule has 19 heavy (non-hydrogen) atoms. The predicted molar refractivity (Wildman–Crippen MR) is 72.7 cm³/mol. The number of aromatic nitrogens is 3. The molecule has 0 radical (unpaired) electrons. The van der Waals surface area contributed by atoms with E-state index in [1.165, 1.54) is 29.4 Å². The topological polar surface area (TPSA) is 76.0 Å². The van der Waals surface area contributed by atoms with E-state index in [1.807, 2.05) is 5.38 Å². The predicted octanol–water partition coefficient (Wildman–Crippen LogP) is 2.94. The number of fused-ring (bicyclic) bond motifs is 1. The summed E-state index contributed by atoms with van der Waals surface area (Å²) in [5.74, 6) is -0.963.